The van der Waals surface area contributed by atoms with Crippen molar-refractivity contribution in [3.8, 4) is 0 Å². The molecule has 1 atom stereocenters. The Balaban J connectivity index is 2.06. The van der Waals surface area contributed by atoms with Gasteiger partial charge in [0.1, 0.15) is 5.25 Å². The predicted molar refractivity (Wildman–Crippen MR) is 66.0 cm³/mol. The van der Waals surface area contributed by atoms with Gasteiger partial charge in [-0.3, -0.25) is 9.20 Å². The van der Waals surface area contributed by atoms with E-state index >= 15 is 0 Å². The quantitative estimate of drug-likeness (QED) is 0.878. The Labute approximate surface area is 103 Å². The van der Waals surface area contributed by atoms with Crippen LogP contribution >= 0.6 is 11.8 Å². The zero-order chi connectivity index (χ0) is 12.3. The number of aromatic nitrogens is 3. The van der Waals surface area contributed by atoms with Crippen molar-refractivity contribution in [2.24, 2.45) is 0 Å². The molecule has 0 amide bonds. The van der Waals surface area contributed by atoms with Crippen LogP contribution in [0.3, 0.4) is 0 Å². The molecule has 1 N–H and O–H groups in total. The average Bonchev–Trinajstić information content (AvgIpc) is 2.71. The molecule has 5 nitrogen and oxygen atoms in total. The van der Waals surface area contributed by atoms with Gasteiger partial charge in [-0.2, -0.15) is 0 Å². The number of imidazole rings is 1. The number of aliphatic carboxylic acids is 1. The molecule has 0 bridgehead atoms. The summed E-state index contributed by atoms with van der Waals surface area (Å²) in [5.74, 6) is 0.472. The van der Waals surface area contributed by atoms with Crippen molar-refractivity contribution in [1.82, 2.24) is 14.4 Å². The number of carbonyl (C=O) groups is 1. The molecule has 2 aromatic rings. The minimum absolute atomic E-state index is 0.368. The molecule has 17 heavy (non-hydrogen) atoms. The van der Waals surface area contributed by atoms with Crippen LogP contribution in [0.5, 0.6) is 0 Å². The van der Waals surface area contributed by atoms with Crippen LogP contribution in [0.4, 0.5) is 0 Å². The molecule has 0 saturated carbocycles. The lowest BCUT2D eigenvalue weighted by Crippen LogP contribution is -2.15. The summed E-state index contributed by atoms with van der Waals surface area (Å²) in [5.41, 5.74) is 0.855. The Kier molecular flexibility index (Phi) is 3.63. The van der Waals surface area contributed by atoms with Crippen molar-refractivity contribution >= 4 is 23.5 Å². The molecule has 2 aromatic heterocycles. The fourth-order valence-corrected chi connectivity index (χ4v) is 2.39. The molecule has 0 radical (unpaired) electrons. The summed E-state index contributed by atoms with van der Waals surface area (Å²) >= 11 is 1.39. The Morgan fingerprint density at radius 2 is 2.47 bits per heavy atom. The van der Waals surface area contributed by atoms with Crippen LogP contribution in [-0.4, -0.2) is 30.7 Å². The van der Waals surface area contributed by atoms with E-state index in [-0.39, 0.29) is 5.25 Å². The summed E-state index contributed by atoms with van der Waals surface area (Å²) in [7, 11) is 0. The van der Waals surface area contributed by atoms with Crippen molar-refractivity contribution in [3.05, 3.63) is 30.4 Å². The maximum atomic E-state index is 10.9. The Bertz CT molecular complexity index is 493. The average molecular weight is 251 g/mol. The maximum Gasteiger partial charge on any atom is 0.316 e. The van der Waals surface area contributed by atoms with E-state index in [0.717, 1.165) is 5.69 Å². The summed E-state index contributed by atoms with van der Waals surface area (Å²) in [6.45, 7) is 1.87. The Morgan fingerprint density at radius 3 is 3.12 bits per heavy atom. The number of fused-ring (bicyclic) bond motifs is 1. The predicted octanol–water partition coefficient (Wildman–Crippen LogP) is 1.83. The highest BCUT2D eigenvalue weighted by Gasteiger charge is 2.16. The second-order valence-electron chi connectivity index (χ2n) is 3.61. The van der Waals surface area contributed by atoms with Gasteiger partial charge in [-0.1, -0.05) is 6.92 Å². The first-order chi connectivity index (χ1) is 8.20. The highest BCUT2D eigenvalue weighted by atomic mass is 32.2. The largest absolute Gasteiger partial charge is 0.480 e. The van der Waals surface area contributed by atoms with Crippen LogP contribution in [0, 0.1) is 0 Å². The zero-order valence-electron chi connectivity index (χ0n) is 9.41. The topological polar surface area (TPSA) is 67.5 Å². The third kappa shape index (κ3) is 2.76. The number of hydrogen-bond donors (Lipinski definition) is 1. The van der Waals surface area contributed by atoms with Crippen LogP contribution in [0.25, 0.3) is 5.78 Å². The first-order valence-electron chi connectivity index (χ1n) is 5.33. The third-order valence-corrected chi connectivity index (χ3v) is 3.76. The second kappa shape index (κ2) is 5.18. The van der Waals surface area contributed by atoms with Gasteiger partial charge < -0.3 is 5.11 Å². The molecule has 0 fully saturated rings. The lowest BCUT2D eigenvalue weighted by Gasteiger charge is -2.06. The number of carboxylic acid groups (broad SMARTS) is 1. The third-order valence-electron chi connectivity index (χ3n) is 2.36. The van der Waals surface area contributed by atoms with Crippen LogP contribution in [-0.2, 0) is 10.5 Å². The molecule has 6 heteroatoms. The molecule has 0 aliphatic carbocycles. The second-order valence-corrected chi connectivity index (χ2v) is 4.80. The van der Waals surface area contributed by atoms with Crippen molar-refractivity contribution in [2.45, 2.75) is 24.3 Å². The van der Waals surface area contributed by atoms with E-state index in [9.17, 15) is 4.79 Å². The van der Waals surface area contributed by atoms with Gasteiger partial charge in [-0.15, -0.1) is 11.8 Å². The molecular formula is C11H13N3O2S. The zero-order valence-corrected chi connectivity index (χ0v) is 10.2. The molecular weight excluding hydrogens is 238 g/mol. The number of carboxylic acids is 1. The molecule has 0 spiro atoms. The van der Waals surface area contributed by atoms with Gasteiger partial charge in [0.05, 0.1) is 5.69 Å². The Morgan fingerprint density at radius 1 is 1.65 bits per heavy atom. The standard InChI is InChI=1S/C11H13N3O2S/c1-2-9(10(15)16)17-7-8-6-14-5-3-4-12-11(14)13-8/h3-6,9H,2,7H2,1H3,(H,15,16). The summed E-state index contributed by atoms with van der Waals surface area (Å²) in [4.78, 5) is 19.3. The van der Waals surface area contributed by atoms with Crippen molar-refractivity contribution in [1.29, 1.82) is 0 Å². The van der Waals surface area contributed by atoms with Gasteiger partial charge in [-0.25, -0.2) is 9.97 Å². The minimum Gasteiger partial charge on any atom is -0.480 e. The highest BCUT2D eigenvalue weighted by Crippen LogP contribution is 2.20. The van der Waals surface area contributed by atoms with E-state index in [0.29, 0.717) is 18.0 Å². The lowest BCUT2D eigenvalue weighted by atomic mass is 10.3. The SMILES string of the molecule is CCC(SCc1cn2cccnc2n1)C(=O)O. The van der Waals surface area contributed by atoms with Gasteiger partial charge in [0.2, 0.25) is 5.78 Å². The highest BCUT2D eigenvalue weighted by molar-refractivity contribution is 7.99. The molecule has 1 unspecified atom stereocenters. The number of hydrogen-bond acceptors (Lipinski definition) is 4. The van der Waals surface area contributed by atoms with E-state index in [1.807, 2.05) is 29.8 Å². The maximum absolute atomic E-state index is 10.9. The monoisotopic (exact) mass is 251 g/mol. The number of thioether (sulfide) groups is 1. The molecule has 90 valence electrons. The molecule has 0 aliphatic rings. The van der Waals surface area contributed by atoms with E-state index in [4.69, 9.17) is 5.11 Å². The molecule has 0 saturated heterocycles. The van der Waals surface area contributed by atoms with Gasteiger partial charge in [-0.05, 0) is 12.5 Å². The van der Waals surface area contributed by atoms with Crippen LogP contribution in [0.1, 0.15) is 19.0 Å². The normalized spacial score (nSPS) is 12.8. The molecule has 2 rings (SSSR count). The van der Waals surface area contributed by atoms with Crippen LogP contribution in [0.2, 0.25) is 0 Å². The van der Waals surface area contributed by atoms with E-state index in [1.54, 1.807) is 6.20 Å². The first-order valence-corrected chi connectivity index (χ1v) is 6.38. The van der Waals surface area contributed by atoms with E-state index in [2.05, 4.69) is 9.97 Å². The van der Waals surface area contributed by atoms with Crippen LogP contribution in [0.15, 0.2) is 24.7 Å². The van der Waals surface area contributed by atoms with E-state index in [1.165, 1.54) is 11.8 Å². The van der Waals surface area contributed by atoms with Crippen molar-refractivity contribution < 1.29 is 9.90 Å². The van der Waals surface area contributed by atoms with Gasteiger partial charge in [0.15, 0.2) is 0 Å². The van der Waals surface area contributed by atoms with Gasteiger partial charge >= 0.3 is 5.97 Å². The van der Waals surface area contributed by atoms with E-state index < -0.39 is 5.97 Å². The smallest absolute Gasteiger partial charge is 0.316 e. The van der Waals surface area contributed by atoms with Gasteiger partial charge in [0, 0.05) is 24.3 Å². The summed E-state index contributed by atoms with van der Waals surface area (Å²) in [6, 6.07) is 1.83. The number of nitrogens with zero attached hydrogens (tertiary/aromatic N) is 3. The summed E-state index contributed by atoms with van der Waals surface area (Å²) in [6.07, 6.45) is 6.05. The van der Waals surface area contributed by atoms with Crippen LogP contribution < -0.4 is 0 Å². The minimum atomic E-state index is -0.764. The fraction of sp³-hybridized carbons (Fsp3) is 0.364. The molecule has 0 aliphatic heterocycles. The lowest BCUT2D eigenvalue weighted by molar-refractivity contribution is -0.136. The number of rotatable bonds is 5. The molecule has 2 heterocycles. The Hall–Kier alpha value is -1.56. The summed E-state index contributed by atoms with van der Waals surface area (Å²) < 4.78 is 1.83. The first kappa shape index (κ1) is 11.9. The van der Waals surface area contributed by atoms with Crippen molar-refractivity contribution in [2.75, 3.05) is 0 Å². The van der Waals surface area contributed by atoms with Crippen molar-refractivity contribution in [3.63, 3.8) is 0 Å². The fourth-order valence-electron chi connectivity index (χ4n) is 1.50. The van der Waals surface area contributed by atoms with Gasteiger partial charge in [0.25, 0.3) is 0 Å². The summed E-state index contributed by atoms with van der Waals surface area (Å²) in [5, 5.41) is 8.56. The molecule has 0 aromatic carbocycles.